The fourth-order valence-electron chi connectivity index (χ4n) is 2.09. The van der Waals surface area contributed by atoms with Crippen LogP contribution in [-0.4, -0.2) is 27.8 Å². The lowest BCUT2D eigenvalue weighted by Gasteiger charge is -2.02. The first-order valence-electron chi connectivity index (χ1n) is 6.58. The number of carbonyl (C=O) groups is 1. The van der Waals surface area contributed by atoms with Crippen molar-refractivity contribution < 1.29 is 9.53 Å². The van der Waals surface area contributed by atoms with Gasteiger partial charge in [0.25, 0.3) is 0 Å². The van der Waals surface area contributed by atoms with Crippen molar-refractivity contribution in [1.82, 2.24) is 15.2 Å². The van der Waals surface area contributed by atoms with E-state index in [4.69, 9.17) is 27.9 Å². The number of carbonyl (C=O) groups excluding carboxylic acids is 1. The van der Waals surface area contributed by atoms with Gasteiger partial charge in [0.15, 0.2) is 11.3 Å². The second-order valence-electron chi connectivity index (χ2n) is 4.51. The molecular weight excluding hydrogens is 325 g/mol. The van der Waals surface area contributed by atoms with Crippen LogP contribution >= 0.6 is 23.2 Å². The third-order valence-electron chi connectivity index (χ3n) is 3.10. The molecule has 3 rings (SSSR count). The molecule has 3 aromatic rings. The van der Waals surface area contributed by atoms with E-state index < -0.39 is 5.97 Å². The Labute approximate surface area is 136 Å². The van der Waals surface area contributed by atoms with Crippen molar-refractivity contribution in [3.63, 3.8) is 0 Å². The van der Waals surface area contributed by atoms with Gasteiger partial charge in [0.05, 0.1) is 16.7 Å². The predicted molar refractivity (Wildman–Crippen MR) is 85.3 cm³/mol. The average molecular weight is 336 g/mol. The van der Waals surface area contributed by atoms with Gasteiger partial charge in [-0.25, -0.2) is 9.78 Å². The number of halogens is 2. The van der Waals surface area contributed by atoms with E-state index in [1.54, 1.807) is 31.2 Å². The Balaban J connectivity index is 2.05. The van der Waals surface area contributed by atoms with Gasteiger partial charge < -0.3 is 4.74 Å². The number of H-pyrrole nitrogens is 1. The van der Waals surface area contributed by atoms with E-state index >= 15 is 0 Å². The lowest BCUT2D eigenvalue weighted by Crippen LogP contribution is -2.06. The van der Waals surface area contributed by atoms with E-state index in [1.807, 2.05) is 6.07 Å². The maximum Gasteiger partial charge on any atom is 0.357 e. The normalized spacial score (nSPS) is 10.9. The zero-order valence-corrected chi connectivity index (χ0v) is 13.1. The summed E-state index contributed by atoms with van der Waals surface area (Å²) in [7, 11) is 0. The van der Waals surface area contributed by atoms with Crippen LogP contribution in [0.15, 0.2) is 30.3 Å². The van der Waals surface area contributed by atoms with Crippen molar-refractivity contribution in [2.24, 2.45) is 0 Å². The van der Waals surface area contributed by atoms with E-state index in [-0.39, 0.29) is 5.69 Å². The van der Waals surface area contributed by atoms with E-state index in [9.17, 15) is 4.79 Å². The van der Waals surface area contributed by atoms with Gasteiger partial charge in [-0.15, -0.1) is 0 Å². The summed E-state index contributed by atoms with van der Waals surface area (Å²) in [6.45, 7) is 2.05. The first kappa shape index (κ1) is 14.8. The molecule has 0 atom stereocenters. The summed E-state index contributed by atoms with van der Waals surface area (Å²) >= 11 is 12.0. The van der Waals surface area contributed by atoms with Crippen molar-refractivity contribution in [2.45, 2.75) is 6.92 Å². The summed E-state index contributed by atoms with van der Waals surface area (Å²) < 4.78 is 4.93. The Kier molecular flexibility index (Phi) is 4.00. The Morgan fingerprint density at radius 1 is 1.23 bits per heavy atom. The van der Waals surface area contributed by atoms with Crippen LogP contribution in [0.25, 0.3) is 22.3 Å². The Morgan fingerprint density at radius 3 is 2.77 bits per heavy atom. The summed E-state index contributed by atoms with van der Waals surface area (Å²) in [6.07, 6.45) is 0. The molecule has 0 radical (unpaired) electrons. The number of fused-ring (bicyclic) bond motifs is 1. The molecule has 0 aliphatic heterocycles. The number of aromatic nitrogens is 3. The highest BCUT2D eigenvalue weighted by Gasteiger charge is 2.14. The van der Waals surface area contributed by atoms with Gasteiger partial charge in [-0.2, -0.15) is 5.10 Å². The maximum absolute atomic E-state index is 11.7. The molecule has 0 aliphatic rings. The number of nitrogens with zero attached hydrogens (tertiary/aromatic N) is 2. The average Bonchev–Trinajstić information content (AvgIpc) is 2.93. The van der Waals surface area contributed by atoms with Gasteiger partial charge in [0, 0.05) is 10.9 Å². The molecule has 22 heavy (non-hydrogen) atoms. The van der Waals surface area contributed by atoms with Gasteiger partial charge in [0.1, 0.15) is 5.69 Å². The van der Waals surface area contributed by atoms with Crippen molar-refractivity contribution in [2.75, 3.05) is 6.61 Å². The van der Waals surface area contributed by atoms with Crippen molar-refractivity contribution in [3.8, 4) is 11.3 Å². The smallest absolute Gasteiger partial charge is 0.357 e. The van der Waals surface area contributed by atoms with Crippen molar-refractivity contribution in [1.29, 1.82) is 0 Å². The van der Waals surface area contributed by atoms with Crippen LogP contribution in [0, 0.1) is 0 Å². The van der Waals surface area contributed by atoms with E-state index in [1.165, 1.54) is 0 Å². The molecule has 0 amide bonds. The first-order chi connectivity index (χ1) is 10.6. The molecule has 0 saturated carbocycles. The molecule has 0 unspecified atom stereocenters. The monoisotopic (exact) mass is 335 g/mol. The van der Waals surface area contributed by atoms with Crippen LogP contribution in [0.3, 0.4) is 0 Å². The van der Waals surface area contributed by atoms with Crippen LogP contribution in [0.2, 0.25) is 10.0 Å². The summed E-state index contributed by atoms with van der Waals surface area (Å²) in [5, 5.41) is 8.77. The van der Waals surface area contributed by atoms with E-state index in [0.717, 1.165) is 10.9 Å². The minimum atomic E-state index is -0.463. The third-order valence-corrected chi connectivity index (χ3v) is 3.84. The lowest BCUT2D eigenvalue weighted by molar-refractivity contribution is 0.0520. The number of ether oxygens (including phenoxy) is 1. The molecular formula is C15H11Cl2N3O2. The van der Waals surface area contributed by atoms with Gasteiger partial charge in [-0.05, 0) is 31.2 Å². The number of benzene rings is 1. The number of hydrogen-bond donors (Lipinski definition) is 1. The fraction of sp³-hybridized carbons (Fsp3) is 0.133. The number of aromatic amines is 1. The zero-order valence-electron chi connectivity index (χ0n) is 11.6. The summed E-state index contributed by atoms with van der Waals surface area (Å²) in [4.78, 5) is 15.9. The van der Waals surface area contributed by atoms with Gasteiger partial charge in [0.2, 0.25) is 0 Å². The lowest BCUT2D eigenvalue weighted by atomic mass is 10.1. The third kappa shape index (κ3) is 2.65. The second kappa shape index (κ2) is 5.94. The highest BCUT2D eigenvalue weighted by molar-refractivity contribution is 6.42. The number of rotatable bonds is 3. The summed E-state index contributed by atoms with van der Waals surface area (Å²) in [5.41, 5.74) is 2.24. The van der Waals surface area contributed by atoms with Crippen LogP contribution < -0.4 is 0 Å². The van der Waals surface area contributed by atoms with Gasteiger partial charge >= 0.3 is 5.97 Å². The number of pyridine rings is 1. The van der Waals surface area contributed by atoms with Crippen molar-refractivity contribution in [3.05, 3.63) is 46.1 Å². The number of hydrogen-bond acceptors (Lipinski definition) is 4. The van der Waals surface area contributed by atoms with Crippen LogP contribution in [0.1, 0.15) is 17.4 Å². The second-order valence-corrected chi connectivity index (χ2v) is 5.33. The Hall–Kier alpha value is -2.11. The number of esters is 1. The van der Waals surface area contributed by atoms with Gasteiger partial charge in [-0.3, -0.25) is 5.10 Å². The summed E-state index contributed by atoms with van der Waals surface area (Å²) in [6, 6.07) is 8.65. The quantitative estimate of drug-likeness (QED) is 0.731. The standard InChI is InChI=1S/C15H11Cl2N3O2/c1-2-22-15(21)12-6-4-9-13(19-20-14(9)18-12)8-3-5-10(16)11(17)7-8/h3-7H,2H2,1H3,(H,18,19,20). The minimum Gasteiger partial charge on any atom is -0.461 e. The van der Waals surface area contributed by atoms with Gasteiger partial charge in [-0.1, -0.05) is 29.3 Å². The fourth-order valence-corrected chi connectivity index (χ4v) is 2.38. The first-order valence-corrected chi connectivity index (χ1v) is 7.33. The van der Waals surface area contributed by atoms with Crippen molar-refractivity contribution >= 4 is 40.2 Å². The molecule has 5 nitrogen and oxygen atoms in total. The molecule has 112 valence electrons. The largest absolute Gasteiger partial charge is 0.461 e. The molecule has 1 aromatic carbocycles. The van der Waals surface area contributed by atoms with E-state index in [2.05, 4.69) is 15.2 Å². The van der Waals surface area contributed by atoms with Crippen LogP contribution in [0.5, 0.6) is 0 Å². The van der Waals surface area contributed by atoms with Crippen LogP contribution in [-0.2, 0) is 4.74 Å². The van der Waals surface area contributed by atoms with E-state index in [0.29, 0.717) is 28.0 Å². The Morgan fingerprint density at radius 2 is 2.05 bits per heavy atom. The molecule has 0 fully saturated rings. The topological polar surface area (TPSA) is 67.9 Å². The highest BCUT2D eigenvalue weighted by atomic mass is 35.5. The minimum absolute atomic E-state index is 0.235. The molecule has 7 heteroatoms. The molecule has 0 spiro atoms. The van der Waals surface area contributed by atoms with Crippen LogP contribution in [0.4, 0.5) is 0 Å². The number of nitrogens with one attached hydrogen (secondary N) is 1. The zero-order chi connectivity index (χ0) is 15.7. The molecule has 2 aromatic heterocycles. The maximum atomic E-state index is 11.7. The molecule has 2 heterocycles. The molecule has 0 saturated heterocycles. The highest BCUT2D eigenvalue weighted by Crippen LogP contribution is 2.31. The summed E-state index contributed by atoms with van der Waals surface area (Å²) in [5.74, 6) is -0.463. The predicted octanol–water partition coefficient (Wildman–Crippen LogP) is 4.11. The molecule has 0 aliphatic carbocycles. The Bertz CT molecular complexity index is 861. The molecule has 0 bridgehead atoms. The molecule has 1 N–H and O–H groups in total. The SMILES string of the molecule is CCOC(=O)c1ccc2c(-c3ccc(Cl)c(Cl)c3)n[nH]c2n1.